The number of aryl methyl sites for hydroxylation is 3. The van der Waals surface area contributed by atoms with Gasteiger partial charge < -0.3 is 10.1 Å². The summed E-state index contributed by atoms with van der Waals surface area (Å²) in [6.45, 7) is 9.98. The second-order valence-electron chi connectivity index (χ2n) is 7.67. The van der Waals surface area contributed by atoms with Crippen molar-refractivity contribution in [2.45, 2.75) is 46.8 Å². The lowest BCUT2D eigenvalue weighted by Gasteiger charge is -2.24. The van der Waals surface area contributed by atoms with Crippen molar-refractivity contribution in [3.63, 3.8) is 0 Å². The topological polar surface area (TPSA) is 38.3 Å². The van der Waals surface area contributed by atoms with Crippen LogP contribution in [0.15, 0.2) is 66.7 Å². The molecule has 0 bridgehead atoms. The Hall–Kier alpha value is -3.07. The third kappa shape index (κ3) is 4.86. The van der Waals surface area contributed by atoms with E-state index in [1.54, 1.807) is 6.92 Å². The van der Waals surface area contributed by atoms with Gasteiger partial charge in [0.15, 0.2) is 6.10 Å². The quantitative estimate of drug-likeness (QED) is 0.598. The predicted octanol–water partition coefficient (Wildman–Crippen LogP) is 5.59. The molecule has 3 heteroatoms. The van der Waals surface area contributed by atoms with Crippen LogP contribution < -0.4 is 10.1 Å². The number of amides is 1. The summed E-state index contributed by atoms with van der Waals surface area (Å²) in [5.74, 6) is 0.623. The van der Waals surface area contributed by atoms with Crippen molar-refractivity contribution in [1.82, 2.24) is 5.32 Å². The molecule has 3 aromatic rings. The molecule has 0 aliphatic rings. The Morgan fingerprint density at radius 3 is 2.21 bits per heavy atom. The minimum absolute atomic E-state index is 0.138. The van der Waals surface area contributed by atoms with Crippen molar-refractivity contribution in [1.29, 1.82) is 0 Å². The van der Waals surface area contributed by atoms with Gasteiger partial charge in [-0.25, -0.2) is 0 Å². The molecule has 0 unspecified atom stereocenters. The lowest BCUT2D eigenvalue weighted by atomic mass is 9.95. The summed E-state index contributed by atoms with van der Waals surface area (Å²) in [6, 6.07) is 22.1. The number of ether oxygens (including phenoxy) is 1. The zero-order valence-corrected chi connectivity index (χ0v) is 17.8. The number of nitrogens with one attached hydrogen (secondary N) is 1. The zero-order valence-electron chi connectivity index (χ0n) is 17.8. The molecule has 1 amide bonds. The molecule has 150 valence electrons. The molecule has 2 atom stereocenters. The van der Waals surface area contributed by atoms with Crippen LogP contribution in [0.1, 0.15) is 46.3 Å². The first kappa shape index (κ1) is 20.7. The van der Waals surface area contributed by atoms with E-state index in [1.165, 1.54) is 0 Å². The molecule has 0 heterocycles. The third-order valence-corrected chi connectivity index (χ3v) is 5.36. The van der Waals surface area contributed by atoms with Gasteiger partial charge in [0.25, 0.3) is 5.91 Å². The summed E-state index contributed by atoms with van der Waals surface area (Å²) in [4.78, 5) is 13.1. The summed E-state index contributed by atoms with van der Waals surface area (Å²) < 4.78 is 6.06. The van der Waals surface area contributed by atoms with Crippen LogP contribution in [0.25, 0.3) is 0 Å². The highest BCUT2D eigenvalue weighted by atomic mass is 16.5. The summed E-state index contributed by atoms with van der Waals surface area (Å²) in [5.41, 5.74) is 6.62. The highest BCUT2D eigenvalue weighted by Crippen LogP contribution is 2.27. The van der Waals surface area contributed by atoms with E-state index in [0.29, 0.717) is 0 Å². The highest BCUT2D eigenvalue weighted by Gasteiger charge is 2.23. The molecule has 3 rings (SSSR count). The number of hydrogen-bond acceptors (Lipinski definition) is 2. The fourth-order valence-electron chi connectivity index (χ4n) is 3.52. The van der Waals surface area contributed by atoms with E-state index in [2.05, 4.69) is 37.4 Å². The maximum atomic E-state index is 13.1. The van der Waals surface area contributed by atoms with Crippen molar-refractivity contribution in [3.8, 4) is 5.75 Å². The van der Waals surface area contributed by atoms with Gasteiger partial charge in [0.2, 0.25) is 0 Å². The van der Waals surface area contributed by atoms with E-state index in [4.69, 9.17) is 4.74 Å². The zero-order chi connectivity index (χ0) is 21.0. The molecule has 0 aliphatic carbocycles. The second kappa shape index (κ2) is 8.95. The Kier molecular flexibility index (Phi) is 6.38. The van der Waals surface area contributed by atoms with E-state index in [-0.39, 0.29) is 11.9 Å². The van der Waals surface area contributed by atoms with E-state index >= 15 is 0 Å². The Balaban J connectivity index is 1.84. The van der Waals surface area contributed by atoms with Crippen LogP contribution in [0, 0.1) is 27.7 Å². The van der Waals surface area contributed by atoms with Crippen LogP contribution in [-0.4, -0.2) is 12.0 Å². The molecule has 3 aromatic carbocycles. The van der Waals surface area contributed by atoms with Gasteiger partial charge in [-0.2, -0.15) is 0 Å². The standard InChI is InChI=1S/C26H29NO2/c1-17-15-19(3)20(4)24(16-17)29-21(5)26(28)27-25(22-12-7-6-8-13-22)23-14-10-9-11-18(23)2/h6-16,21,25H,1-5H3,(H,27,28)/t21-,25+/m1/s1. The lowest BCUT2D eigenvalue weighted by molar-refractivity contribution is -0.127. The molecular formula is C26H29NO2. The van der Waals surface area contributed by atoms with Gasteiger partial charge >= 0.3 is 0 Å². The average Bonchev–Trinajstić information content (AvgIpc) is 2.71. The maximum Gasteiger partial charge on any atom is 0.261 e. The molecule has 0 aliphatic heterocycles. The minimum atomic E-state index is -0.606. The normalized spacial score (nSPS) is 12.9. The first-order valence-electron chi connectivity index (χ1n) is 10.0. The number of benzene rings is 3. The first-order valence-corrected chi connectivity index (χ1v) is 10.0. The molecule has 0 radical (unpaired) electrons. The maximum absolute atomic E-state index is 13.1. The molecule has 0 saturated heterocycles. The van der Waals surface area contributed by atoms with Crippen LogP contribution in [0.3, 0.4) is 0 Å². The minimum Gasteiger partial charge on any atom is -0.481 e. The fraction of sp³-hybridized carbons (Fsp3) is 0.269. The smallest absolute Gasteiger partial charge is 0.261 e. The first-order chi connectivity index (χ1) is 13.9. The van der Waals surface area contributed by atoms with Crippen LogP contribution in [0.2, 0.25) is 0 Å². The monoisotopic (exact) mass is 387 g/mol. The van der Waals surface area contributed by atoms with Crippen molar-refractivity contribution in [2.75, 3.05) is 0 Å². The molecule has 0 aromatic heterocycles. The van der Waals surface area contributed by atoms with Gasteiger partial charge in [-0.15, -0.1) is 0 Å². The summed E-state index contributed by atoms with van der Waals surface area (Å²) in [7, 11) is 0. The SMILES string of the molecule is Cc1cc(C)c(C)c(O[C@H](C)C(=O)N[C@@H](c2ccccc2)c2ccccc2C)c1. The number of rotatable bonds is 6. The number of carbonyl (C=O) groups excluding carboxylic acids is 1. The number of carbonyl (C=O) groups is 1. The van der Waals surface area contributed by atoms with Gasteiger partial charge in [0.1, 0.15) is 5.75 Å². The van der Waals surface area contributed by atoms with Crippen molar-refractivity contribution in [3.05, 3.63) is 100 Å². The van der Waals surface area contributed by atoms with Crippen LogP contribution in [0.4, 0.5) is 0 Å². The van der Waals surface area contributed by atoms with Crippen LogP contribution in [0.5, 0.6) is 5.75 Å². The Morgan fingerprint density at radius 2 is 1.52 bits per heavy atom. The van der Waals surface area contributed by atoms with E-state index < -0.39 is 6.10 Å². The van der Waals surface area contributed by atoms with Crippen molar-refractivity contribution >= 4 is 5.91 Å². The average molecular weight is 388 g/mol. The Bertz CT molecular complexity index is 995. The number of hydrogen-bond donors (Lipinski definition) is 1. The van der Waals surface area contributed by atoms with E-state index in [1.807, 2.05) is 62.4 Å². The van der Waals surface area contributed by atoms with E-state index in [0.717, 1.165) is 39.1 Å². The largest absolute Gasteiger partial charge is 0.481 e. The molecule has 0 saturated carbocycles. The Morgan fingerprint density at radius 1 is 0.862 bits per heavy atom. The summed E-state index contributed by atoms with van der Waals surface area (Å²) >= 11 is 0. The van der Waals surface area contributed by atoms with Gasteiger partial charge in [-0.1, -0.05) is 60.7 Å². The Labute approximate surface area is 173 Å². The third-order valence-electron chi connectivity index (χ3n) is 5.36. The molecule has 3 nitrogen and oxygen atoms in total. The van der Waals surface area contributed by atoms with Gasteiger partial charge in [0.05, 0.1) is 6.04 Å². The van der Waals surface area contributed by atoms with Gasteiger partial charge in [-0.3, -0.25) is 4.79 Å². The van der Waals surface area contributed by atoms with Gasteiger partial charge in [0, 0.05) is 0 Å². The van der Waals surface area contributed by atoms with E-state index in [9.17, 15) is 4.79 Å². The highest BCUT2D eigenvalue weighted by molar-refractivity contribution is 5.81. The molecule has 0 spiro atoms. The van der Waals surface area contributed by atoms with Crippen molar-refractivity contribution in [2.24, 2.45) is 0 Å². The lowest BCUT2D eigenvalue weighted by Crippen LogP contribution is -2.39. The van der Waals surface area contributed by atoms with Crippen molar-refractivity contribution < 1.29 is 9.53 Å². The molecular weight excluding hydrogens is 358 g/mol. The second-order valence-corrected chi connectivity index (χ2v) is 7.67. The van der Waals surface area contributed by atoms with Crippen LogP contribution in [-0.2, 0) is 4.79 Å². The van der Waals surface area contributed by atoms with Gasteiger partial charge in [-0.05, 0) is 74.1 Å². The predicted molar refractivity (Wildman–Crippen MR) is 118 cm³/mol. The molecule has 1 N–H and O–H groups in total. The molecule has 0 fully saturated rings. The fourth-order valence-corrected chi connectivity index (χ4v) is 3.52. The molecule has 29 heavy (non-hydrogen) atoms. The summed E-state index contributed by atoms with van der Waals surface area (Å²) in [5, 5.41) is 3.20. The summed E-state index contributed by atoms with van der Waals surface area (Å²) in [6.07, 6.45) is -0.606. The van der Waals surface area contributed by atoms with Crippen LogP contribution >= 0.6 is 0 Å².